The number of rotatable bonds is 8. The molecule has 0 unspecified atom stereocenters. The van der Waals surface area contributed by atoms with Gasteiger partial charge in [0.15, 0.2) is 6.61 Å². The van der Waals surface area contributed by atoms with Gasteiger partial charge in [0.25, 0.3) is 15.9 Å². The predicted octanol–water partition coefficient (Wildman–Crippen LogP) is 1.80. The minimum absolute atomic E-state index is 0.0950. The minimum atomic E-state index is -3.68. The maximum absolute atomic E-state index is 12.5. The van der Waals surface area contributed by atoms with Crippen LogP contribution in [0.15, 0.2) is 34.2 Å². The van der Waals surface area contributed by atoms with E-state index in [-0.39, 0.29) is 23.2 Å². The number of aliphatic imine (C=N–C) groups is 1. The van der Waals surface area contributed by atoms with Gasteiger partial charge in [0.2, 0.25) is 0 Å². The van der Waals surface area contributed by atoms with Gasteiger partial charge in [0.05, 0.1) is 4.90 Å². The number of amidine groups is 1. The predicted molar refractivity (Wildman–Crippen MR) is 110 cm³/mol. The van der Waals surface area contributed by atoms with Crippen LogP contribution in [0.4, 0.5) is 0 Å². The Balaban J connectivity index is 2.02. The van der Waals surface area contributed by atoms with E-state index in [4.69, 9.17) is 4.74 Å². The smallest absolute Gasteiger partial charge is 0.331 e. The van der Waals surface area contributed by atoms with Crippen LogP contribution >= 0.6 is 0 Å². The first kappa shape index (κ1) is 22.9. The van der Waals surface area contributed by atoms with Gasteiger partial charge in [-0.3, -0.25) is 14.5 Å². The van der Waals surface area contributed by atoms with Gasteiger partial charge in [0.1, 0.15) is 11.9 Å². The lowest BCUT2D eigenvalue weighted by Gasteiger charge is -2.26. The average Bonchev–Trinajstić information content (AvgIpc) is 2.88. The first-order valence-corrected chi connectivity index (χ1v) is 11.1. The van der Waals surface area contributed by atoms with E-state index < -0.39 is 22.0 Å². The summed E-state index contributed by atoms with van der Waals surface area (Å²) in [5.74, 6) is -0.253. The largest absolute Gasteiger partial charge is 0.454 e. The van der Waals surface area contributed by atoms with Crippen molar-refractivity contribution in [1.29, 1.82) is 0 Å². The fourth-order valence-corrected chi connectivity index (χ4v) is 4.22. The lowest BCUT2D eigenvalue weighted by Crippen LogP contribution is -2.40. The van der Waals surface area contributed by atoms with Crippen molar-refractivity contribution in [2.24, 2.45) is 16.8 Å². The number of amides is 1. The number of carbonyl (C=O) groups excluding carboxylic acids is 2. The van der Waals surface area contributed by atoms with E-state index in [0.29, 0.717) is 30.5 Å². The number of hydrogen-bond acceptors (Lipinski definition) is 6. The Hall–Kier alpha value is -2.42. The summed E-state index contributed by atoms with van der Waals surface area (Å²) in [4.78, 5) is 30.7. The van der Waals surface area contributed by atoms with Crippen LogP contribution in [0.2, 0.25) is 0 Å². The summed E-state index contributed by atoms with van der Waals surface area (Å²) in [6.07, 6.45) is 0. The molecule has 1 aromatic rings. The van der Waals surface area contributed by atoms with Gasteiger partial charge >= 0.3 is 5.97 Å². The molecule has 0 aromatic heterocycles. The Kier molecular flexibility index (Phi) is 7.40. The summed E-state index contributed by atoms with van der Waals surface area (Å²) in [6, 6.07) is 5.43. The number of esters is 1. The van der Waals surface area contributed by atoms with Gasteiger partial charge in [-0.25, -0.2) is 13.2 Å². The zero-order valence-electron chi connectivity index (χ0n) is 17.5. The zero-order chi connectivity index (χ0) is 21.8. The van der Waals surface area contributed by atoms with Crippen molar-refractivity contribution in [2.75, 3.05) is 19.7 Å². The standard InChI is InChI=1S/C20H29N3O5S/c1-13(2)10-23(11-14(3)4)18(24)12-28-20(25)15(5)21-19-16-8-6-7-9-17(16)29(26,27)22-19/h6-9,13-15H,10-12H2,1-5H3,(H,21,22)/t15-/m0/s1. The van der Waals surface area contributed by atoms with Crippen LogP contribution in [-0.2, 0) is 24.3 Å². The molecule has 9 heteroatoms. The molecule has 2 rings (SSSR count). The van der Waals surface area contributed by atoms with Gasteiger partial charge in [-0.1, -0.05) is 39.8 Å². The summed E-state index contributed by atoms with van der Waals surface area (Å²) >= 11 is 0. The van der Waals surface area contributed by atoms with Gasteiger partial charge in [0, 0.05) is 18.7 Å². The quantitative estimate of drug-likeness (QED) is 0.642. The summed E-state index contributed by atoms with van der Waals surface area (Å²) in [5.41, 5.74) is 0.406. The summed E-state index contributed by atoms with van der Waals surface area (Å²) in [6.45, 7) is 10.4. The van der Waals surface area contributed by atoms with E-state index in [9.17, 15) is 18.0 Å². The van der Waals surface area contributed by atoms with Crippen LogP contribution in [0, 0.1) is 11.8 Å². The van der Waals surface area contributed by atoms with Crippen LogP contribution in [0.1, 0.15) is 40.2 Å². The molecular weight excluding hydrogens is 394 g/mol. The maximum Gasteiger partial charge on any atom is 0.331 e. The maximum atomic E-state index is 12.5. The molecule has 0 aliphatic carbocycles. The number of nitrogens with zero attached hydrogens (tertiary/aromatic N) is 2. The molecule has 0 spiro atoms. The minimum Gasteiger partial charge on any atom is -0.454 e. The van der Waals surface area contributed by atoms with E-state index in [1.54, 1.807) is 23.1 Å². The number of benzene rings is 1. The molecule has 8 nitrogen and oxygen atoms in total. The van der Waals surface area contributed by atoms with Gasteiger partial charge < -0.3 is 9.64 Å². The van der Waals surface area contributed by atoms with Crippen LogP contribution < -0.4 is 4.72 Å². The van der Waals surface area contributed by atoms with Crippen molar-refractivity contribution in [3.05, 3.63) is 29.8 Å². The van der Waals surface area contributed by atoms with Crippen molar-refractivity contribution in [3.8, 4) is 0 Å². The highest BCUT2D eigenvalue weighted by Crippen LogP contribution is 2.22. The van der Waals surface area contributed by atoms with Crippen molar-refractivity contribution in [2.45, 2.75) is 45.6 Å². The van der Waals surface area contributed by atoms with Crippen LogP contribution in [0.5, 0.6) is 0 Å². The van der Waals surface area contributed by atoms with Crippen LogP contribution in [0.25, 0.3) is 0 Å². The number of ether oxygens (including phenoxy) is 1. The third-order valence-electron chi connectivity index (χ3n) is 4.19. The second-order valence-electron chi connectivity index (χ2n) is 7.95. The highest BCUT2D eigenvalue weighted by molar-refractivity contribution is 7.90. The van der Waals surface area contributed by atoms with E-state index in [1.807, 2.05) is 27.7 Å². The molecule has 1 heterocycles. The Labute approximate surface area is 172 Å². The van der Waals surface area contributed by atoms with Crippen molar-refractivity contribution in [1.82, 2.24) is 9.62 Å². The summed E-state index contributed by atoms with van der Waals surface area (Å²) < 4.78 is 31.7. The first-order chi connectivity index (χ1) is 13.5. The van der Waals surface area contributed by atoms with Gasteiger partial charge in [-0.15, -0.1) is 0 Å². The number of hydrogen-bond donors (Lipinski definition) is 1. The second kappa shape index (κ2) is 9.39. The highest BCUT2D eigenvalue weighted by atomic mass is 32.2. The normalized spacial score (nSPS) is 17.1. The molecule has 1 aromatic carbocycles. The topological polar surface area (TPSA) is 105 Å². The Morgan fingerprint density at radius 1 is 1.07 bits per heavy atom. The lowest BCUT2D eigenvalue weighted by molar-refractivity contribution is -0.153. The monoisotopic (exact) mass is 423 g/mol. The number of fused-ring (bicyclic) bond motifs is 1. The average molecular weight is 424 g/mol. The molecule has 29 heavy (non-hydrogen) atoms. The highest BCUT2D eigenvalue weighted by Gasteiger charge is 2.31. The molecule has 160 valence electrons. The lowest BCUT2D eigenvalue weighted by atomic mass is 10.1. The third-order valence-corrected chi connectivity index (χ3v) is 5.59. The number of carbonyl (C=O) groups is 2. The SMILES string of the molecule is CC(C)CN(CC(C)C)C(=O)COC(=O)[C@H](C)N=C1NS(=O)(=O)c2ccccc21. The molecule has 0 saturated heterocycles. The Morgan fingerprint density at radius 3 is 2.24 bits per heavy atom. The number of nitrogens with one attached hydrogen (secondary N) is 1. The van der Waals surface area contributed by atoms with E-state index in [0.717, 1.165) is 0 Å². The van der Waals surface area contributed by atoms with Crippen molar-refractivity contribution < 1.29 is 22.7 Å². The summed E-state index contributed by atoms with van der Waals surface area (Å²) in [5, 5.41) is 0. The Morgan fingerprint density at radius 2 is 1.66 bits per heavy atom. The van der Waals surface area contributed by atoms with Gasteiger partial charge in [-0.05, 0) is 30.9 Å². The molecule has 1 atom stereocenters. The Bertz CT molecular complexity index is 883. The molecule has 1 aliphatic heterocycles. The fraction of sp³-hybridized carbons (Fsp3) is 0.550. The van der Waals surface area contributed by atoms with E-state index >= 15 is 0 Å². The van der Waals surface area contributed by atoms with E-state index in [1.165, 1.54) is 13.0 Å². The molecule has 0 saturated carbocycles. The molecule has 1 amide bonds. The van der Waals surface area contributed by atoms with E-state index in [2.05, 4.69) is 9.71 Å². The van der Waals surface area contributed by atoms with Crippen molar-refractivity contribution >= 4 is 27.7 Å². The van der Waals surface area contributed by atoms with Crippen LogP contribution in [0.3, 0.4) is 0 Å². The summed E-state index contributed by atoms with van der Waals surface area (Å²) in [7, 11) is -3.68. The molecular formula is C20H29N3O5S. The first-order valence-electron chi connectivity index (χ1n) is 9.65. The van der Waals surface area contributed by atoms with Crippen LogP contribution in [-0.4, -0.2) is 56.8 Å². The fourth-order valence-electron chi connectivity index (χ4n) is 2.98. The number of sulfonamides is 1. The molecule has 0 fully saturated rings. The third kappa shape index (κ3) is 6.03. The molecule has 1 N–H and O–H groups in total. The molecule has 1 aliphatic rings. The van der Waals surface area contributed by atoms with Gasteiger partial charge in [-0.2, -0.15) is 0 Å². The molecule has 0 bridgehead atoms. The molecule has 0 radical (unpaired) electrons. The second-order valence-corrected chi connectivity index (χ2v) is 9.60. The van der Waals surface area contributed by atoms with Crippen molar-refractivity contribution in [3.63, 3.8) is 0 Å². The zero-order valence-corrected chi connectivity index (χ0v) is 18.3.